The first-order valence-corrected chi connectivity index (χ1v) is 10.5. The fraction of sp³-hybridized carbons (Fsp3) is 0.192. The fourth-order valence-electron chi connectivity index (χ4n) is 3.54. The summed E-state index contributed by atoms with van der Waals surface area (Å²) in [6, 6.07) is 21.0. The zero-order valence-electron chi connectivity index (χ0n) is 18.7. The van der Waals surface area contributed by atoms with Gasteiger partial charge in [0.1, 0.15) is 12.4 Å². The Morgan fingerprint density at radius 2 is 1.67 bits per heavy atom. The molecule has 0 aliphatic rings. The van der Waals surface area contributed by atoms with Crippen LogP contribution in [0.25, 0.3) is 22.0 Å². The Hall–Kier alpha value is -4.13. The summed E-state index contributed by atoms with van der Waals surface area (Å²) in [6.45, 7) is 2.32. The van der Waals surface area contributed by atoms with Gasteiger partial charge >= 0.3 is 6.16 Å². The van der Waals surface area contributed by atoms with Crippen LogP contribution in [0.1, 0.15) is 12.5 Å². The Balaban J connectivity index is 1.77. The SMILES string of the molecule is CCOC(=O)Oc1[nH]c2cc(OCc3ccccc3)c(OC)cc2c1-c1ccc(OC)cc1. The smallest absolute Gasteiger partial charge is 0.497 e. The van der Waals surface area contributed by atoms with Crippen molar-refractivity contribution in [3.8, 4) is 34.3 Å². The second-order valence-corrected chi connectivity index (χ2v) is 7.17. The van der Waals surface area contributed by atoms with Gasteiger partial charge in [0.15, 0.2) is 11.5 Å². The minimum absolute atomic E-state index is 0.211. The van der Waals surface area contributed by atoms with Crippen molar-refractivity contribution in [3.63, 3.8) is 0 Å². The minimum atomic E-state index is -0.786. The first-order chi connectivity index (χ1) is 16.1. The average molecular weight is 447 g/mol. The summed E-state index contributed by atoms with van der Waals surface area (Å²) in [5.41, 5.74) is 3.30. The summed E-state index contributed by atoms with van der Waals surface area (Å²) in [6.07, 6.45) is -0.786. The van der Waals surface area contributed by atoms with E-state index in [0.29, 0.717) is 23.7 Å². The van der Waals surface area contributed by atoms with E-state index >= 15 is 0 Å². The van der Waals surface area contributed by atoms with Gasteiger partial charge in [0.2, 0.25) is 5.88 Å². The normalized spacial score (nSPS) is 10.6. The molecule has 170 valence electrons. The molecule has 1 aromatic heterocycles. The maximum Gasteiger partial charge on any atom is 0.515 e. The Kier molecular flexibility index (Phi) is 6.69. The lowest BCUT2D eigenvalue weighted by atomic mass is 10.0. The number of H-pyrrole nitrogens is 1. The van der Waals surface area contributed by atoms with Crippen LogP contribution in [-0.4, -0.2) is 32.0 Å². The third-order valence-corrected chi connectivity index (χ3v) is 5.11. The van der Waals surface area contributed by atoms with Crippen LogP contribution >= 0.6 is 0 Å². The molecule has 4 rings (SSSR count). The molecule has 7 nitrogen and oxygen atoms in total. The second kappa shape index (κ2) is 9.99. The molecule has 33 heavy (non-hydrogen) atoms. The molecule has 4 aromatic rings. The second-order valence-electron chi connectivity index (χ2n) is 7.17. The van der Waals surface area contributed by atoms with Gasteiger partial charge in [0.05, 0.1) is 31.9 Å². The molecule has 1 heterocycles. The molecule has 0 saturated heterocycles. The Morgan fingerprint density at radius 1 is 0.909 bits per heavy atom. The predicted octanol–water partition coefficient (Wildman–Crippen LogP) is 5.97. The van der Waals surface area contributed by atoms with Gasteiger partial charge in [-0.1, -0.05) is 42.5 Å². The molecule has 0 fully saturated rings. The number of aromatic nitrogens is 1. The maximum absolute atomic E-state index is 12.1. The zero-order chi connectivity index (χ0) is 23.2. The lowest BCUT2D eigenvalue weighted by Crippen LogP contribution is -2.10. The summed E-state index contributed by atoms with van der Waals surface area (Å²) in [4.78, 5) is 15.3. The number of benzene rings is 3. The monoisotopic (exact) mass is 447 g/mol. The molecule has 7 heteroatoms. The highest BCUT2D eigenvalue weighted by Gasteiger charge is 2.21. The number of hydrogen-bond donors (Lipinski definition) is 1. The van der Waals surface area contributed by atoms with Crippen LogP contribution in [0.4, 0.5) is 4.79 Å². The van der Waals surface area contributed by atoms with Crippen molar-refractivity contribution in [2.75, 3.05) is 20.8 Å². The van der Waals surface area contributed by atoms with Crippen LogP contribution in [-0.2, 0) is 11.3 Å². The topological polar surface area (TPSA) is 79.0 Å². The standard InChI is InChI=1S/C26H25NO6/c1-4-31-26(28)33-25-24(18-10-12-19(29-2)13-11-18)20-14-22(30-3)23(15-21(20)27-25)32-16-17-8-6-5-7-9-17/h5-15,27H,4,16H2,1-3H3. The van der Waals surface area contributed by atoms with Crippen LogP contribution in [0.2, 0.25) is 0 Å². The van der Waals surface area contributed by atoms with Crippen LogP contribution in [0, 0.1) is 0 Å². The maximum atomic E-state index is 12.1. The Morgan fingerprint density at radius 3 is 2.33 bits per heavy atom. The lowest BCUT2D eigenvalue weighted by Gasteiger charge is -2.12. The van der Waals surface area contributed by atoms with Crippen LogP contribution < -0.4 is 18.9 Å². The van der Waals surface area contributed by atoms with E-state index in [1.165, 1.54) is 0 Å². The molecule has 0 aliphatic carbocycles. The number of ether oxygens (including phenoxy) is 5. The van der Waals surface area contributed by atoms with Gasteiger partial charge < -0.3 is 28.7 Å². The molecule has 0 saturated carbocycles. The summed E-state index contributed by atoms with van der Waals surface area (Å²) in [5.74, 6) is 2.13. The molecule has 0 radical (unpaired) electrons. The van der Waals surface area contributed by atoms with Gasteiger partial charge in [-0.05, 0) is 36.2 Å². The number of carbonyl (C=O) groups is 1. The van der Waals surface area contributed by atoms with Crippen molar-refractivity contribution in [1.82, 2.24) is 4.98 Å². The third kappa shape index (κ3) is 4.87. The first-order valence-electron chi connectivity index (χ1n) is 10.5. The third-order valence-electron chi connectivity index (χ3n) is 5.11. The highest BCUT2D eigenvalue weighted by Crippen LogP contribution is 2.43. The highest BCUT2D eigenvalue weighted by molar-refractivity contribution is 6.01. The number of nitrogens with one attached hydrogen (secondary N) is 1. The van der Waals surface area contributed by atoms with Gasteiger partial charge in [-0.25, -0.2) is 4.79 Å². The summed E-state index contributed by atoms with van der Waals surface area (Å²) in [5, 5.41) is 0.809. The van der Waals surface area contributed by atoms with Crippen molar-refractivity contribution < 1.29 is 28.5 Å². The van der Waals surface area contributed by atoms with E-state index in [0.717, 1.165) is 27.8 Å². The van der Waals surface area contributed by atoms with E-state index in [-0.39, 0.29) is 12.5 Å². The number of aromatic amines is 1. The number of rotatable bonds is 8. The molecule has 0 aliphatic heterocycles. The highest BCUT2D eigenvalue weighted by atomic mass is 16.7. The van der Waals surface area contributed by atoms with Gasteiger partial charge in [0, 0.05) is 11.5 Å². The average Bonchev–Trinajstić information content (AvgIpc) is 3.19. The number of carbonyl (C=O) groups excluding carboxylic acids is 1. The fourth-order valence-corrected chi connectivity index (χ4v) is 3.54. The van der Waals surface area contributed by atoms with E-state index in [1.807, 2.05) is 66.7 Å². The summed E-state index contributed by atoms with van der Waals surface area (Å²) in [7, 11) is 3.20. The number of hydrogen-bond acceptors (Lipinski definition) is 6. The van der Waals surface area contributed by atoms with E-state index in [4.69, 9.17) is 23.7 Å². The quantitative estimate of drug-likeness (QED) is 0.336. The van der Waals surface area contributed by atoms with Crippen LogP contribution in [0.3, 0.4) is 0 Å². The molecule has 0 atom stereocenters. The zero-order valence-corrected chi connectivity index (χ0v) is 18.7. The summed E-state index contributed by atoms with van der Waals surface area (Å²) >= 11 is 0. The molecule has 0 amide bonds. The van der Waals surface area contributed by atoms with Gasteiger partial charge in [-0.2, -0.15) is 0 Å². The Bertz CT molecular complexity index is 1230. The van der Waals surface area contributed by atoms with Gasteiger partial charge in [-0.3, -0.25) is 0 Å². The number of fused-ring (bicyclic) bond motifs is 1. The molecule has 3 aromatic carbocycles. The van der Waals surface area contributed by atoms with Crippen molar-refractivity contribution in [3.05, 3.63) is 72.3 Å². The molecular formula is C26H25NO6. The van der Waals surface area contributed by atoms with Crippen molar-refractivity contribution in [1.29, 1.82) is 0 Å². The lowest BCUT2D eigenvalue weighted by molar-refractivity contribution is 0.103. The largest absolute Gasteiger partial charge is 0.515 e. The van der Waals surface area contributed by atoms with E-state index in [1.54, 1.807) is 21.1 Å². The van der Waals surface area contributed by atoms with Crippen LogP contribution in [0.5, 0.6) is 23.1 Å². The molecule has 1 N–H and O–H groups in total. The van der Waals surface area contributed by atoms with Crippen molar-refractivity contribution >= 4 is 17.1 Å². The van der Waals surface area contributed by atoms with E-state index in [2.05, 4.69) is 4.98 Å². The van der Waals surface area contributed by atoms with Crippen molar-refractivity contribution in [2.45, 2.75) is 13.5 Å². The molecule has 0 spiro atoms. The molecule has 0 unspecified atom stereocenters. The van der Waals surface area contributed by atoms with Crippen molar-refractivity contribution in [2.24, 2.45) is 0 Å². The molecular weight excluding hydrogens is 422 g/mol. The first kappa shape index (κ1) is 22.1. The van der Waals surface area contributed by atoms with Crippen LogP contribution in [0.15, 0.2) is 66.7 Å². The van der Waals surface area contributed by atoms with Gasteiger partial charge in [-0.15, -0.1) is 0 Å². The van der Waals surface area contributed by atoms with E-state index < -0.39 is 6.16 Å². The predicted molar refractivity (Wildman–Crippen MR) is 125 cm³/mol. The van der Waals surface area contributed by atoms with E-state index in [9.17, 15) is 4.79 Å². The molecule has 0 bridgehead atoms. The number of methoxy groups -OCH3 is 2. The Labute approximate surface area is 191 Å². The van der Waals surface area contributed by atoms with Gasteiger partial charge in [0.25, 0.3) is 0 Å². The summed E-state index contributed by atoms with van der Waals surface area (Å²) < 4.78 is 27.4. The minimum Gasteiger partial charge on any atom is -0.497 e.